The van der Waals surface area contributed by atoms with Gasteiger partial charge in [0.2, 0.25) is 5.91 Å². The number of halogens is 3. The van der Waals surface area contributed by atoms with Crippen LogP contribution in [0.25, 0.3) is 0 Å². The fourth-order valence-corrected chi connectivity index (χ4v) is 4.62. The number of piperidine rings is 1. The Bertz CT molecular complexity index is 726. The number of hydrogen-bond acceptors (Lipinski definition) is 5. The highest BCUT2D eigenvalue weighted by molar-refractivity contribution is 5.79. The molecule has 2 atom stereocenters. The van der Waals surface area contributed by atoms with Crippen LogP contribution in [-0.2, 0) is 9.59 Å². The van der Waals surface area contributed by atoms with Gasteiger partial charge in [-0.1, -0.05) is 19.3 Å². The van der Waals surface area contributed by atoms with Gasteiger partial charge in [0.1, 0.15) is 5.82 Å². The van der Waals surface area contributed by atoms with E-state index >= 15 is 0 Å². The maximum Gasteiger partial charge on any atom is 0.490 e. The van der Waals surface area contributed by atoms with Crippen molar-refractivity contribution in [2.75, 3.05) is 31.1 Å². The largest absolute Gasteiger partial charge is 0.490 e. The standard InChI is InChI=1S/C18H26N4O.C2HF3O2/c23-18(14-4-2-1-3-5-14)22-11-15-6-9-21(12-16(15)13-22)17-10-19-7-8-20-17;3-2(4,5)1(6)7/h7-8,10,14-16H,1-6,9,11-13H2;(H,6,7)/t15-,16+;/m0./s1. The first-order chi connectivity index (χ1) is 14.3. The first-order valence-electron chi connectivity index (χ1n) is 10.4. The summed E-state index contributed by atoms with van der Waals surface area (Å²) in [5.41, 5.74) is 0. The summed E-state index contributed by atoms with van der Waals surface area (Å²) in [4.78, 5) is 34.8. The lowest BCUT2D eigenvalue weighted by molar-refractivity contribution is -0.192. The molecule has 166 valence electrons. The lowest BCUT2D eigenvalue weighted by atomic mass is 9.88. The second-order valence-corrected chi connectivity index (χ2v) is 8.20. The van der Waals surface area contributed by atoms with E-state index in [1.165, 1.54) is 19.3 Å². The van der Waals surface area contributed by atoms with Gasteiger partial charge in [-0.25, -0.2) is 9.78 Å². The quantitative estimate of drug-likeness (QED) is 0.780. The van der Waals surface area contributed by atoms with Crippen LogP contribution in [0, 0.1) is 17.8 Å². The van der Waals surface area contributed by atoms with Gasteiger partial charge in [0, 0.05) is 44.5 Å². The van der Waals surface area contributed by atoms with Gasteiger partial charge in [0.15, 0.2) is 0 Å². The van der Waals surface area contributed by atoms with E-state index in [0.29, 0.717) is 23.7 Å². The summed E-state index contributed by atoms with van der Waals surface area (Å²) in [7, 11) is 0. The van der Waals surface area contributed by atoms with Gasteiger partial charge in [-0.05, 0) is 31.1 Å². The number of fused-ring (bicyclic) bond motifs is 1. The summed E-state index contributed by atoms with van der Waals surface area (Å²) in [6.07, 6.45) is 7.39. The van der Waals surface area contributed by atoms with E-state index in [4.69, 9.17) is 9.90 Å². The lowest BCUT2D eigenvalue weighted by Gasteiger charge is -2.34. The zero-order chi connectivity index (χ0) is 21.7. The van der Waals surface area contributed by atoms with Gasteiger partial charge in [0.25, 0.3) is 0 Å². The van der Waals surface area contributed by atoms with Crippen LogP contribution < -0.4 is 4.90 Å². The zero-order valence-electron chi connectivity index (χ0n) is 16.7. The number of rotatable bonds is 2. The molecule has 0 unspecified atom stereocenters. The molecule has 0 aromatic carbocycles. The number of hydrogen-bond donors (Lipinski definition) is 1. The molecule has 3 fully saturated rings. The molecule has 1 saturated carbocycles. The predicted octanol–water partition coefficient (Wildman–Crippen LogP) is 2.97. The first-order valence-corrected chi connectivity index (χ1v) is 10.4. The second kappa shape index (κ2) is 9.61. The molecule has 4 rings (SSSR count). The van der Waals surface area contributed by atoms with Crippen LogP contribution in [0.2, 0.25) is 0 Å². The molecule has 3 aliphatic rings. The Hall–Kier alpha value is -2.39. The Labute approximate surface area is 173 Å². The summed E-state index contributed by atoms with van der Waals surface area (Å²) < 4.78 is 31.7. The Kier molecular flexibility index (Phi) is 7.14. The van der Waals surface area contributed by atoms with Crippen LogP contribution in [0.3, 0.4) is 0 Å². The number of carboxylic acid groups (broad SMARTS) is 1. The van der Waals surface area contributed by atoms with Crippen LogP contribution in [0.15, 0.2) is 18.6 Å². The third kappa shape index (κ3) is 5.60. The van der Waals surface area contributed by atoms with Crippen LogP contribution in [0.1, 0.15) is 38.5 Å². The van der Waals surface area contributed by atoms with Crippen LogP contribution in [0.5, 0.6) is 0 Å². The lowest BCUT2D eigenvalue weighted by Crippen LogP contribution is -2.40. The highest BCUT2D eigenvalue weighted by Gasteiger charge is 2.41. The van der Waals surface area contributed by atoms with Gasteiger partial charge < -0.3 is 14.9 Å². The van der Waals surface area contributed by atoms with Crippen molar-refractivity contribution < 1.29 is 27.9 Å². The van der Waals surface area contributed by atoms with Crippen molar-refractivity contribution in [3.63, 3.8) is 0 Å². The van der Waals surface area contributed by atoms with Crippen LogP contribution in [0.4, 0.5) is 19.0 Å². The zero-order valence-corrected chi connectivity index (χ0v) is 16.7. The molecule has 1 aromatic heterocycles. The number of carboxylic acids is 1. The minimum atomic E-state index is -5.08. The molecule has 0 bridgehead atoms. The highest BCUT2D eigenvalue weighted by Crippen LogP contribution is 2.35. The molecule has 0 radical (unpaired) electrons. The minimum absolute atomic E-state index is 0.306. The monoisotopic (exact) mass is 428 g/mol. The van der Waals surface area contributed by atoms with Gasteiger partial charge >= 0.3 is 12.1 Å². The predicted molar refractivity (Wildman–Crippen MR) is 103 cm³/mol. The summed E-state index contributed by atoms with van der Waals surface area (Å²) in [5.74, 6) is 0.231. The fourth-order valence-electron chi connectivity index (χ4n) is 4.62. The van der Waals surface area contributed by atoms with E-state index in [0.717, 1.165) is 51.3 Å². The number of amides is 1. The average molecular weight is 428 g/mol. The van der Waals surface area contributed by atoms with Gasteiger partial charge in [-0.15, -0.1) is 0 Å². The maximum absolute atomic E-state index is 12.8. The number of aromatic nitrogens is 2. The van der Waals surface area contributed by atoms with Crippen molar-refractivity contribution in [1.82, 2.24) is 14.9 Å². The van der Waals surface area contributed by atoms with E-state index in [9.17, 15) is 18.0 Å². The fraction of sp³-hybridized carbons (Fsp3) is 0.700. The summed E-state index contributed by atoms with van der Waals surface area (Å²) >= 11 is 0. The third-order valence-corrected chi connectivity index (χ3v) is 6.18. The Morgan fingerprint density at radius 3 is 2.27 bits per heavy atom. The van der Waals surface area contributed by atoms with Crippen molar-refractivity contribution in [3.05, 3.63) is 18.6 Å². The number of alkyl halides is 3. The summed E-state index contributed by atoms with van der Waals surface area (Å²) in [5, 5.41) is 7.12. The molecule has 1 N–H and O–H groups in total. The number of likely N-dealkylation sites (tertiary alicyclic amines) is 1. The van der Waals surface area contributed by atoms with Crippen LogP contribution in [-0.4, -0.2) is 64.2 Å². The number of nitrogens with zero attached hydrogens (tertiary/aromatic N) is 4. The molecule has 30 heavy (non-hydrogen) atoms. The van der Waals surface area contributed by atoms with Crippen molar-refractivity contribution in [1.29, 1.82) is 0 Å². The molecule has 3 heterocycles. The number of carbonyl (C=O) groups excluding carboxylic acids is 1. The molecule has 2 saturated heterocycles. The third-order valence-electron chi connectivity index (χ3n) is 6.18. The minimum Gasteiger partial charge on any atom is -0.475 e. The molecule has 1 aliphatic carbocycles. The second-order valence-electron chi connectivity index (χ2n) is 8.20. The topological polar surface area (TPSA) is 86.6 Å². The van der Waals surface area contributed by atoms with E-state index in [1.54, 1.807) is 12.4 Å². The first kappa shape index (κ1) is 22.3. The molecule has 7 nitrogen and oxygen atoms in total. The molecular weight excluding hydrogens is 401 g/mol. The molecule has 10 heteroatoms. The van der Waals surface area contributed by atoms with E-state index in [2.05, 4.69) is 19.8 Å². The van der Waals surface area contributed by atoms with Crippen molar-refractivity contribution in [2.24, 2.45) is 17.8 Å². The Balaban J connectivity index is 0.000000318. The van der Waals surface area contributed by atoms with E-state index in [1.807, 2.05) is 6.20 Å². The smallest absolute Gasteiger partial charge is 0.475 e. The number of carbonyl (C=O) groups is 2. The van der Waals surface area contributed by atoms with Crippen LogP contribution >= 0.6 is 0 Å². The molecular formula is C20H27F3N4O3. The highest BCUT2D eigenvalue weighted by atomic mass is 19.4. The summed E-state index contributed by atoms with van der Waals surface area (Å²) in [6, 6.07) is 0. The normalized spacial score (nSPS) is 24.6. The van der Waals surface area contributed by atoms with Crippen molar-refractivity contribution in [2.45, 2.75) is 44.7 Å². The summed E-state index contributed by atoms with van der Waals surface area (Å²) in [6.45, 7) is 3.97. The van der Waals surface area contributed by atoms with E-state index in [-0.39, 0.29) is 0 Å². The van der Waals surface area contributed by atoms with Crippen molar-refractivity contribution >= 4 is 17.7 Å². The maximum atomic E-state index is 12.8. The van der Waals surface area contributed by atoms with E-state index < -0.39 is 12.1 Å². The molecule has 0 spiro atoms. The van der Waals surface area contributed by atoms with Gasteiger partial charge in [-0.3, -0.25) is 9.78 Å². The average Bonchev–Trinajstić information content (AvgIpc) is 3.17. The van der Waals surface area contributed by atoms with Gasteiger partial charge in [0.05, 0.1) is 6.20 Å². The SMILES string of the molecule is O=C(C1CCCCC1)N1C[C@@H]2CCN(c3cnccn3)C[C@@H]2C1.O=C(O)C(F)(F)F. The number of anilines is 1. The molecule has 1 aromatic rings. The molecule has 1 amide bonds. The Morgan fingerprint density at radius 2 is 1.67 bits per heavy atom. The van der Waals surface area contributed by atoms with Gasteiger partial charge in [-0.2, -0.15) is 13.2 Å². The molecule has 2 aliphatic heterocycles. The number of aliphatic carboxylic acids is 1. The van der Waals surface area contributed by atoms with Crippen molar-refractivity contribution in [3.8, 4) is 0 Å². The Morgan fingerprint density at radius 1 is 1.00 bits per heavy atom.